The van der Waals surface area contributed by atoms with Crippen molar-refractivity contribution in [1.82, 2.24) is 0 Å². The van der Waals surface area contributed by atoms with Crippen molar-refractivity contribution in [3.8, 4) is 5.75 Å². The lowest BCUT2D eigenvalue weighted by Crippen LogP contribution is -2.35. The van der Waals surface area contributed by atoms with Gasteiger partial charge in [0.25, 0.3) is 15.9 Å². The SMILES string of the molecule is Cc1ccc(S(=O)(=O)N2CCCc3ccc(NC(=O)COc4ccc(F)cc4)cc32)cc1. The summed E-state index contributed by atoms with van der Waals surface area (Å²) in [6.45, 7) is 2.02. The van der Waals surface area contributed by atoms with Crippen molar-refractivity contribution in [1.29, 1.82) is 0 Å². The van der Waals surface area contributed by atoms with E-state index in [2.05, 4.69) is 5.32 Å². The van der Waals surface area contributed by atoms with Gasteiger partial charge in [0.2, 0.25) is 0 Å². The Labute approximate surface area is 186 Å². The van der Waals surface area contributed by atoms with E-state index in [9.17, 15) is 17.6 Å². The first-order valence-corrected chi connectivity index (χ1v) is 11.7. The van der Waals surface area contributed by atoms with Crippen LogP contribution in [0.5, 0.6) is 5.75 Å². The molecule has 0 spiro atoms. The standard InChI is InChI=1S/C24H23FN2O4S/c1-17-4-12-22(13-5-17)32(29,30)27-14-2-3-18-6-9-20(15-23(18)27)26-24(28)16-31-21-10-7-19(25)8-11-21/h4-13,15H,2-3,14,16H2,1H3,(H,26,28). The molecule has 4 rings (SSSR count). The first kappa shape index (κ1) is 21.8. The lowest BCUT2D eigenvalue weighted by atomic mass is 10.0. The smallest absolute Gasteiger partial charge is 0.264 e. The predicted molar refractivity (Wildman–Crippen MR) is 121 cm³/mol. The van der Waals surface area contributed by atoms with Crippen LogP contribution < -0.4 is 14.4 Å². The first-order chi connectivity index (χ1) is 15.3. The maximum absolute atomic E-state index is 13.3. The second kappa shape index (κ2) is 9.00. The Hall–Kier alpha value is -3.39. The van der Waals surface area contributed by atoms with Crippen molar-refractivity contribution in [3.63, 3.8) is 0 Å². The van der Waals surface area contributed by atoms with Crippen molar-refractivity contribution in [2.45, 2.75) is 24.7 Å². The van der Waals surface area contributed by atoms with Gasteiger partial charge in [-0.15, -0.1) is 0 Å². The number of rotatable bonds is 6. The molecule has 0 unspecified atom stereocenters. The Morgan fingerprint density at radius 3 is 2.50 bits per heavy atom. The van der Waals surface area contributed by atoms with Crippen LogP contribution in [-0.4, -0.2) is 27.5 Å². The summed E-state index contributed by atoms with van der Waals surface area (Å²) >= 11 is 0. The average Bonchev–Trinajstić information content (AvgIpc) is 2.78. The van der Waals surface area contributed by atoms with Crippen LogP contribution in [0.25, 0.3) is 0 Å². The van der Waals surface area contributed by atoms with E-state index in [1.165, 1.54) is 28.6 Å². The second-order valence-corrected chi connectivity index (χ2v) is 9.49. The van der Waals surface area contributed by atoms with Crippen LogP contribution in [0.15, 0.2) is 71.6 Å². The molecule has 0 saturated heterocycles. The predicted octanol–water partition coefficient (Wildman–Crippen LogP) is 4.29. The van der Waals surface area contributed by atoms with Crippen LogP contribution in [0.1, 0.15) is 17.5 Å². The number of nitrogens with one attached hydrogen (secondary N) is 1. The Bertz CT molecular complexity index is 1230. The van der Waals surface area contributed by atoms with E-state index >= 15 is 0 Å². The summed E-state index contributed by atoms with van der Waals surface area (Å²) in [5, 5.41) is 2.73. The maximum atomic E-state index is 13.3. The molecule has 6 nitrogen and oxygen atoms in total. The molecule has 0 saturated carbocycles. The zero-order chi connectivity index (χ0) is 22.7. The summed E-state index contributed by atoms with van der Waals surface area (Å²) in [5.74, 6) is -0.415. The molecule has 1 amide bonds. The number of halogens is 1. The van der Waals surface area contributed by atoms with Crippen LogP contribution in [0.3, 0.4) is 0 Å². The minimum Gasteiger partial charge on any atom is -0.484 e. The normalized spacial score (nSPS) is 13.4. The minimum atomic E-state index is -3.72. The summed E-state index contributed by atoms with van der Waals surface area (Å²) in [4.78, 5) is 12.5. The number of ether oxygens (including phenoxy) is 1. The summed E-state index contributed by atoms with van der Waals surface area (Å²) in [5.41, 5.74) is 2.93. The molecule has 1 aliphatic rings. The molecule has 0 atom stereocenters. The number of hydrogen-bond acceptors (Lipinski definition) is 4. The number of aryl methyl sites for hydroxylation is 2. The molecule has 8 heteroatoms. The van der Waals surface area contributed by atoms with Crippen LogP contribution in [-0.2, 0) is 21.2 Å². The molecule has 166 valence electrons. The number of nitrogens with zero attached hydrogens (tertiary/aromatic N) is 1. The Morgan fingerprint density at radius 1 is 1.06 bits per heavy atom. The number of anilines is 2. The molecule has 0 fully saturated rings. The van der Waals surface area contributed by atoms with Gasteiger partial charge >= 0.3 is 0 Å². The van der Waals surface area contributed by atoms with E-state index in [4.69, 9.17) is 4.74 Å². The van der Waals surface area contributed by atoms with E-state index in [-0.39, 0.29) is 17.3 Å². The van der Waals surface area contributed by atoms with Crippen LogP contribution >= 0.6 is 0 Å². The highest BCUT2D eigenvalue weighted by atomic mass is 32.2. The number of hydrogen-bond donors (Lipinski definition) is 1. The van der Waals surface area contributed by atoms with Gasteiger partial charge < -0.3 is 10.1 Å². The first-order valence-electron chi connectivity index (χ1n) is 10.2. The molecule has 1 N–H and O–H groups in total. The lowest BCUT2D eigenvalue weighted by Gasteiger charge is -2.31. The van der Waals surface area contributed by atoms with Crippen molar-refractivity contribution < 1.29 is 22.3 Å². The highest BCUT2D eigenvalue weighted by Crippen LogP contribution is 2.34. The molecular formula is C24H23FN2O4S. The summed E-state index contributed by atoms with van der Waals surface area (Å²) < 4.78 is 46.3. The third kappa shape index (κ3) is 4.75. The van der Waals surface area contributed by atoms with Crippen molar-refractivity contribution in [3.05, 3.63) is 83.7 Å². The largest absolute Gasteiger partial charge is 0.484 e. The Kier molecular flexibility index (Phi) is 6.14. The zero-order valence-electron chi connectivity index (χ0n) is 17.5. The fourth-order valence-electron chi connectivity index (χ4n) is 3.58. The molecule has 3 aromatic rings. The minimum absolute atomic E-state index is 0.234. The van der Waals surface area contributed by atoms with E-state index in [1.807, 2.05) is 13.0 Å². The van der Waals surface area contributed by atoms with Gasteiger partial charge in [-0.2, -0.15) is 0 Å². The van der Waals surface area contributed by atoms with Crippen LogP contribution in [0, 0.1) is 12.7 Å². The number of fused-ring (bicyclic) bond motifs is 1. The summed E-state index contributed by atoms with van der Waals surface area (Å²) in [6, 6.07) is 17.4. The third-order valence-electron chi connectivity index (χ3n) is 5.24. The highest BCUT2D eigenvalue weighted by Gasteiger charge is 2.29. The van der Waals surface area contributed by atoms with Gasteiger partial charge in [0.1, 0.15) is 11.6 Å². The van der Waals surface area contributed by atoms with Gasteiger partial charge in [-0.05, 0) is 73.9 Å². The van der Waals surface area contributed by atoms with Gasteiger partial charge in [-0.25, -0.2) is 12.8 Å². The molecule has 1 heterocycles. The lowest BCUT2D eigenvalue weighted by molar-refractivity contribution is -0.118. The molecular weight excluding hydrogens is 431 g/mol. The molecule has 0 aromatic heterocycles. The molecule has 0 aliphatic carbocycles. The maximum Gasteiger partial charge on any atom is 0.264 e. The molecule has 3 aromatic carbocycles. The number of sulfonamides is 1. The fraction of sp³-hybridized carbons (Fsp3) is 0.208. The number of benzene rings is 3. The molecule has 32 heavy (non-hydrogen) atoms. The monoisotopic (exact) mass is 454 g/mol. The van der Waals surface area contributed by atoms with Crippen molar-refractivity contribution in [2.75, 3.05) is 22.8 Å². The molecule has 1 aliphatic heterocycles. The van der Waals surface area contributed by atoms with E-state index in [0.717, 1.165) is 24.0 Å². The highest BCUT2D eigenvalue weighted by molar-refractivity contribution is 7.92. The van der Waals surface area contributed by atoms with Gasteiger partial charge in [-0.3, -0.25) is 9.10 Å². The third-order valence-corrected chi connectivity index (χ3v) is 7.07. The van der Waals surface area contributed by atoms with E-state index in [1.54, 1.807) is 36.4 Å². The quantitative estimate of drug-likeness (QED) is 0.603. The van der Waals surface area contributed by atoms with Crippen molar-refractivity contribution >= 4 is 27.3 Å². The van der Waals surface area contributed by atoms with Gasteiger partial charge in [0, 0.05) is 12.2 Å². The Morgan fingerprint density at radius 2 is 1.78 bits per heavy atom. The fourth-order valence-corrected chi connectivity index (χ4v) is 5.12. The van der Waals surface area contributed by atoms with Crippen molar-refractivity contribution in [2.24, 2.45) is 0 Å². The summed E-state index contributed by atoms with van der Waals surface area (Å²) in [7, 11) is -3.72. The number of amides is 1. The number of carbonyl (C=O) groups excluding carboxylic acids is 1. The van der Waals surface area contributed by atoms with Gasteiger partial charge in [-0.1, -0.05) is 23.8 Å². The van der Waals surface area contributed by atoms with E-state index in [0.29, 0.717) is 23.7 Å². The second-order valence-electron chi connectivity index (χ2n) is 7.63. The van der Waals surface area contributed by atoms with Crippen LogP contribution in [0.2, 0.25) is 0 Å². The summed E-state index contributed by atoms with van der Waals surface area (Å²) in [6.07, 6.45) is 1.48. The van der Waals surface area contributed by atoms with E-state index < -0.39 is 15.9 Å². The number of carbonyl (C=O) groups is 1. The van der Waals surface area contributed by atoms with Gasteiger partial charge in [0.05, 0.1) is 10.6 Å². The van der Waals surface area contributed by atoms with Gasteiger partial charge in [0.15, 0.2) is 6.61 Å². The van der Waals surface area contributed by atoms with Crippen LogP contribution in [0.4, 0.5) is 15.8 Å². The molecule has 0 radical (unpaired) electrons. The average molecular weight is 455 g/mol. The Balaban J connectivity index is 1.51. The zero-order valence-corrected chi connectivity index (χ0v) is 18.4. The molecule has 0 bridgehead atoms. The topological polar surface area (TPSA) is 75.7 Å².